The molecule has 0 unspecified atom stereocenters. The van der Waals surface area contributed by atoms with Gasteiger partial charge in [-0.3, -0.25) is 4.90 Å². The van der Waals surface area contributed by atoms with Crippen LogP contribution >= 0.6 is 0 Å². The number of carbonyl (C=O) groups excluding carboxylic acids is 1. The second-order valence-electron chi connectivity index (χ2n) is 8.35. The number of carbonyl (C=O) groups is 1. The second kappa shape index (κ2) is 8.71. The van der Waals surface area contributed by atoms with Crippen LogP contribution in [0.15, 0.2) is 12.3 Å². The molecule has 176 valence electrons. The van der Waals surface area contributed by atoms with Gasteiger partial charge in [0.05, 0.1) is 35.9 Å². The zero-order chi connectivity index (χ0) is 23.8. The van der Waals surface area contributed by atoms with Crippen LogP contribution in [0.3, 0.4) is 0 Å². The van der Waals surface area contributed by atoms with E-state index in [-0.39, 0.29) is 25.3 Å². The summed E-state index contributed by atoms with van der Waals surface area (Å²) in [6.45, 7) is 8.29. The molecule has 1 amide bonds. The lowest BCUT2D eigenvalue weighted by atomic mass is 10.1. The number of nitrogens with one attached hydrogen (secondary N) is 1. The molecule has 0 aromatic carbocycles. The second-order valence-corrected chi connectivity index (χ2v) is 8.35. The molecule has 0 aliphatic carbocycles. The SMILES string of the molecule is C[C@@H]1CN(C(=O)OC(C)(C)C)[C@H](CNc2ncc(C(F)(F)F)cc2C(F)(F)F)[C@H](C)O1. The van der Waals surface area contributed by atoms with Crippen molar-refractivity contribution in [2.45, 2.75) is 70.8 Å². The summed E-state index contributed by atoms with van der Waals surface area (Å²) in [4.78, 5) is 17.3. The van der Waals surface area contributed by atoms with Crippen LogP contribution in [-0.4, -0.2) is 52.9 Å². The van der Waals surface area contributed by atoms with Crippen LogP contribution < -0.4 is 5.32 Å². The van der Waals surface area contributed by atoms with Crippen LogP contribution in [-0.2, 0) is 21.8 Å². The van der Waals surface area contributed by atoms with Gasteiger partial charge >= 0.3 is 18.4 Å². The zero-order valence-corrected chi connectivity index (χ0v) is 17.7. The van der Waals surface area contributed by atoms with Gasteiger partial charge in [-0.25, -0.2) is 9.78 Å². The predicted octanol–water partition coefficient (Wildman–Crippen LogP) is 4.94. The Morgan fingerprint density at radius 2 is 1.81 bits per heavy atom. The Labute approximate surface area is 175 Å². The molecule has 2 rings (SSSR count). The van der Waals surface area contributed by atoms with Gasteiger partial charge in [0.1, 0.15) is 11.4 Å². The molecule has 1 saturated heterocycles. The number of anilines is 1. The van der Waals surface area contributed by atoms with Crippen molar-refractivity contribution in [2.75, 3.05) is 18.4 Å². The molecule has 0 spiro atoms. The van der Waals surface area contributed by atoms with E-state index in [1.54, 1.807) is 34.6 Å². The fourth-order valence-corrected chi connectivity index (χ4v) is 3.15. The first-order valence-electron chi connectivity index (χ1n) is 9.52. The average molecular weight is 457 g/mol. The number of morpholine rings is 1. The van der Waals surface area contributed by atoms with Crippen LogP contribution in [0.5, 0.6) is 0 Å². The van der Waals surface area contributed by atoms with Gasteiger partial charge in [0, 0.05) is 12.7 Å². The highest BCUT2D eigenvalue weighted by Gasteiger charge is 2.41. The Morgan fingerprint density at radius 3 is 2.32 bits per heavy atom. The van der Waals surface area contributed by atoms with Crippen molar-refractivity contribution in [3.63, 3.8) is 0 Å². The number of ether oxygens (including phenoxy) is 2. The van der Waals surface area contributed by atoms with Gasteiger partial charge in [0.15, 0.2) is 0 Å². The lowest BCUT2D eigenvalue weighted by Crippen LogP contribution is -2.58. The van der Waals surface area contributed by atoms with Gasteiger partial charge in [-0.05, 0) is 40.7 Å². The topological polar surface area (TPSA) is 63.7 Å². The van der Waals surface area contributed by atoms with Crippen molar-refractivity contribution < 1.29 is 40.6 Å². The molecule has 0 saturated carbocycles. The van der Waals surface area contributed by atoms with E-state index in [0.29, 0.717) is 6.20 Å². The highest BCUT2D eigenvalue weighted by atomic mass is 19.4. The van der Waals surface area contributed by atoms with Gasteiger partial charge in [-0.15, -0.1) is 0 Å². The Hall–Kier alpha value is -2.24. The van der Waals surface area contributed by atoms with Gasteiger partial charge in [0.25, 0.3) is 0 Å². The minimum atomic E-state index is -5.06. The summed E-state index contributed by atoms with van der Waals surface area (Å²) in [5.74, 6) is -0.768. The predicted molar refractivity (Wildman–Crippen MR) is 99.5 cm³/mol. The minimum absolute atomic E-state index is 0.00381. The van der Waals surface area contributed by atoms with Crippen molar-refractivity contribution in [3.8, 4) is 0 Å². The molecule has 2 heterocycles. The van der Waals surface area contributed by atoms with Crippen molar-refractivity contribution in [3.05, 3.63) is 23.4 Å². The third-order valence-corrected chi connectivity index (χ3v) is 4.47. The highest BCUT2D eigenvalue weighted by Crippen LogP contribution is 2.38. The molecular weight excluding hydrogens is 432 g/mol. The lowest BCUT2D eigenvalue weighted by Gasteiger charge is -2.43. The lowest BCUT2D eigenvalue weighted by molar-refractivity contribution is -0.143. The molecule has 3 atom stereocenters. The van der Waals surface area contributed by atoms with Gasteiger partial charge < -0.3 is 14.8 Å². The average Bonchev–Trinajstić information content (AvgIpc) is 2.57. The largest absolute Gasteiger partial charge is 0.444 e. The van der Waals surface area contributed by atoms with E-state index in [4.69, 9.17) is 9.47 Å². The smallest absolute Gasteiger partial charge is 0.419 e. The molecule has 31 heavy (non-hydrogen) atoms. The number of pyridine rings is 1. The molecule has 0 radical (unpaired) electrons. The first kappa shape index (κ1) is 25.0. The molecule has 6 nitrogen and oxygen atoms in total. The summed E-state index contributed by atoms with van der Waals surface area (Å²) in [5, 5.41) is 2.43. The van der Waals surface area contributed by atoms with Crippen LogP contribution in [0.2, 0.25) is 0 Å². The summed E-state index contributed by atoms with van der Waals surface area (Å²) >= 11 is 0. The Morgan fingerprint density at radius 1 is 1.19 bits per heavy atom. The summed E-state index contributed by atoms with van der Waals surface area (Å²) in [5.41, 5.74) is -3.86. The van der Waals surface area contributed by atoms with E-state index in [9.17, 15) is 31.1 Å². The van der Waals surface area contributed by atoms with E-state index < -0.39 is 53.1 Å². The van der Waals surface area contributed by atoms with E-state index in [1.165, 1.54) is 4.90 Å². The third-order valence-electron chi connectivity index (χ3n) is 4.47. The zero-order valence-electron chi connectivity index (χ0n) is 17.7. The van der Waals surface area contributed by atoms with E-state index >= 15 is 0 Å². The first-order valence-corrected chi connectivity index (χ1v) is 9.52. The third kappa shape index (κ3) is 6.62. The summed E-state index contributed by atoms with van der Waals surface area (Å²) < 4.78 is 89.6. The fraction of sp³-hybridized carbons (Fsp3) is 0.684. The number of alkyl halides is 6. The molecule has 1 aliphatic heterocycles. The monoisotopic (exact) mass is 457 g/mol. The van der Waals surface area contributed by atoms with Crippen molar-refractivity contribution in [1.29, 1.82) is 0 Å². The summed E-state index contributed by atoms with van der Waals surface area (Å²) in [6, 6.07) is -0.736. The Kier molecular flexibility index (Phi) is 7.03. The van der Waals surface area contributed by atoms with E-state index in [2.05, 4.69) is 10.3 Å². The molecule has 1 N–H and O–H groups in total. The van der Waals surface area contributed by atoms with Gasteiger partial charge in [-0.1, -0.05) is 0 Å². The normalized spacial score (nSPS) is 22.9. The quantitative estimate of drug-likeness (QED) is 0.652. The number of nitrogens with zero attached hydrogens (tertiary/aromatic N) is 2. The number of hydrogen-bond donors (Lipinski definition) is 1. The first-order chi connectivity index (χ1) is 14.0. The molecule has 1 aromatic rings. The number of aromatic nitrogens is 1. The number of halogens is 6. The van der Waals surface area contributed by atoms with Crippen LogP contribution in [0, 0.1) is 0 Å². The number of rotatable bonds is 3. The van der Waals surface area contributed by atoms with Gasteiger partial charge in [-0.2, -0.15) is 26.3 Å². The Balaban J connectivity index is 2.28. The number of amides is 1. The minimum Gasteiger partial charge on any atom is -0.444 e. The maximum Gasteiger partial charge on any atom is 0.419 e. The molecule has 12 heteroatoms. The molecule has 1 aromatic heterocycles. The molecule has 1 fully saturated rings. The number of hydrogen-bond acceptors (Lipinski definition) is 5. The summed E-state index contributed by atoms with van der Waals surface area (Å²) in [6.07, 6.45) is -11.3. The molecular formula is C19H25F6N3O3. The van der Waals surface area contributed by atoms with Crippen LogP contribution in [0.1, 0.15) is 45.7 Å². The van der Waals surface area contributed by atoms with E-state index in [1.807, 2.05) is 0 Å². The van der Waals surface area contributed by atoms with E-state index in [0.717, 1.165) is 0 Å². The van der Waals surface area contributed by atoms with Crippen molar-refractivity contribution in [1.82, 2.24) is 9.88 Å². The van der Waals surface area contributed by atoms with Crippen LogP contribution in [0.25, 0.3) is 0 Å². The fourth-order valence-electron chi connectivity index (χ4n) is 3.15. The molecule has 1 aliphatic rings. The van der Waals surface area contributed by atoms with Crippen LogP contribution in [0.4, 0.5) is 37.0 Å². The summed E-state index contributed by atoms with van der Waals surface area (Å²) in [7, 11) is 0. The van der Waals surface area contributed by atoms with Gasteiger partial charge in [0.2, 0.25) is 0 Å². The Bertz CT molecular complexity index is 792. The highest BCUT2D eigenvalue weighted by molar-refractivity contribution is 5.69. The maximum absolute atomic E-state index is 13.3. The maximum atomic E-state index is 13.3. The van der Waals surface area contributed by atoms with Crippen molar-refractivity contribution >= 4 is 11.9 Å². The van der Waals surface area contributed by atoms with Crippen molar-refractivity contribution in [2.24, 2.45) is 0 Å². The molecule has 0 bridgehead atoms. The standard InChI is InChI=1S/C19H25F6N3O3/c1-10-9-28(16(29)31-17(3,4)5)14(11(2)30-10)8-27-15-13(19(23,24)25)6-12(7-26-15)18(20,21)22/h6-7,10-11,14H,8-9H2,1-5H3,(H,26,27)/t10-,11+,14-/m1/s1.